The van der Waals surface area contributed by atoms with Crippen LogP contribution in [-0.2, 0) is 9.30 Å². The van der Waals surface area contributed by atoms with E-state index in [0.29, 0.717) is 5.82 Å². The van der Waals surface area contributed by atoms with Gasteiger partial charge in [0, 0.05) is 6.54 Å². The van der Waals surface area contributed by atoms with Gasteiger partial charge in [-0.3, -0.25) is 14.3 Å². The standard InChI is InChI=1S/C15H28N5O6P/c1-8(2)15(9(3)4,27(23,24)25)26-10(6-21)5-20-7-17-11-12(20)18-14(16)19-13(11)22/h8-10,17,21H,5-7H2,1-4H3,(H2,23,24,25)(H3,16,18,19,22). The lowest BCUT2D eigenvalue weighted by Gasteiger charge is -2.43. The monoisotopic (exact) mass is 405 g/mol. The lowest BCUT2D eigenvalue weighted by molar-refractivity contribution is -0.115. The highest BCUT2D eigenvalue weighted by Crippen LogP contribution is 2.59. The Hall–Kier alpha value is -1.65. The Balaban J connectivity index is 2.31. The molecule has 0 aliphatic carbocycles. The van der Waals surface area contributed by atoms with Gasteiger partial charge in [-0.1, -0.05) is 27.7 Å². The van der Waals surface area contributed by atoms with Gasteiger partial charge in [-0.25, -0.2) is 0 Å². The Labute approximate surface area is 157 Å². The molecule has 1 aliphatic rings. The van der Waals surface area contributed by atoms with E-state index in [1.165, 1.54) is 0 Å². The summed E-state index contributed by atoms with van der Waals surface area (Å²) in [7, 11) is -4.67. The third-order valence-corrected chi connectivity index (χ3v) is 6.81. The molecule has 0 radical (unpaired) electrons. The molecule has 1 unspecified atom stereocenters. The number of ether oxygens (including phenoxy) is 1. The number of nitrogens with two attached hydrogens (primary N) is 1. The molecule has 1 aromatic heterocycles. The lowest BCUT2D eigenvalue weighted by Crippen LogP contribution is -2.49. The van der Waals surface area contributed by atoms with Crippen molar-refractivity contribution in [3.63, 3.8) is 0 Å². The van der Waals surface area contributed by atoms with Crippen molar-refractivity contribution in [2.45, 2.75) is 39.1 Å². The molecule has 7 N–H and O–H groups in total. The molecule has 154 valence electrons. The van der Waals surface area contributed by atoms with Gasteiger partial charge in [0.2, 0.25) is 5.95 Å². The number of H-pyrrole nitrogens is 1. The van der Waals surface area contributed by atoms with E-state index in [0.717, 1.165) is 0 Å². The Morgan fingerprint density at radius 1 is 1.33 bits per heavy atom. The summed E-state index contributed by atoms with van der Waals surface area (Å²) in [6.45, 7) is 6.49. The quantitative estimate of drug-likeness (QED) is 0.326. The molecule has 12 heteroatoms. The van der Waals surface area contributed by atoms with Crippen LogP contribution in [0.2, 0.25) is 0 Å². The minimum Gasteiger partial charge on any atom is -0.394 e. The van der Waals surface area contributed by atoms with Crippen LogP contribution in [0.1, 0.15) is 27.7 Å². The second-order valence-electron chi connectivity index (χ2n) is 7.23. The molecule has 0 bridgehead atoms. The van der Waals surface area contributed by atoms with Crippen molar-refractivity contribution in [1.82, 2.24) is 9.97 Å². The number of nitrogen functional groups attached to an aromatic ring is 1. The van der Waals surface area contributed by atoms with Crippen molar-refractivity contribution in [1.29, 1.82) is 0 Å². The summed E-state index contributed by atoms with van der Waals surface area (Å²) in [5.41, 5.74) is 5.42. The molecule has 0 saturated heterocycles. The van der Waals surface area contributed by atoms with E-state index in [-0.39, 0.29) is 24.8 Å². The van der Waals surface area contributed by atoms with Gasteiger partial charge in [0.15, 0.2) is 11.2 Å². The number of rotatable bonds is 8. The van der Waals surface area contributed by atoms with Crippen LogP contribution in [0.3, 0.4) is 0 Å². The van der Waals surface area contributed by atoms with Gasteiger partial charge in [0.05, 0.1) is 19.4 Å². The maximum atomic E-state index is 12.3. The summed E-state index contributed by atoms with van der Waals surface area (Å²) < 4.78 is 18.2. The van der Waals surface area contributed by atoms with Gasteiger partial charge in [0.25, 0.3) is 5.56 Å². The molecule has 2 heterocycles. The van der Waals surface area contributed by atoms with Crippen molar-refractivity contribution in [2.75, 3.05) is 35.8 Å². The van der Waals surface area contributed by atoms with Gasteiger partial charge >= 0.3 is 7.60 Å². The largest absolute Gasteiger partial charge is 0.394 e. The van der Waals surface area contributed by atoms with Crippen LogP contribution in [0.4, 0.5) is 17.5 Å². The van der Waals surface area contributed by atoms with Crippen molar-refractivity contribution in [2.24, 2.45) is 11.8 Å². The van der Waals surface area contributed by atoms with Crippen molar-refractivity contribution in [3.05, 3.63) is 10.4 Å². The SMILES string of the molecule is CC(C)C(OC(CO)CN1CNc2c1nc(N)[nH]c2=O)(C(C)C)P(=O)(O)O. The summed E-state index contributed by atoms with van der Waals surface area (Å²) in [5, 5.41) is 10.9. The Bertz CT molecular complexity index is 768. The molecule has 11 nitrogen and oxygen atoms in total. The number of hydrogen-bond donors (Lipinski definition) is 6. The van der Waals surface area contributed by atoms with E-state index in [4.69, 9.17) is 10.5 Å². The number of aliphatic hydroxyl groups excluding tert-OH is 1. The zero-order valence-electron chi connectivity index (χ0n) is 15.8. The first-order chi connectivity index (χ1) is 12.4. The highest BCUT2D eigenvalue weighted by atomic mass is 31.2. The molecule has 0 aromatic carbocycles. The molecule has 27 heavy (non-hydrogen) atoms. The first-order valence-corrected chi connectivity index (χ1v) is 10.3. The molecule has 0 fully saturated rings. The topological polar surface area (TPSA) is 174 Å². The second kappa shape index (κ2) is 7.76. The Kier molecular flexibility index (Phi) is 6.23. The third-order valence-electron chi connectivity index (χ3n) is 4.76. The van der Waals surface area contributed by atoms with E-state index >= 15 is 0 Å². The first kappa shape index (κ1) is 21.6. The van der Waals surface area contributed by atoms with Gasteiger partial charge in [-0.15, -0.1) is 0 Å². The predicted octanol–water partition coefficient (Wildman–Crippen LogP) is 0.105. The van der Waals surface area contributed by atoms with Crippen LogP contribution >= 0.6 is 7.60 Å². The predicted molar refractivity (Wildman–Crippen MR) is 102 cm³/mol. The van der Waals surface area contributed by atoms with E-state index in [1.807, 2.05) is 0 Å². The summed E-state index contributed by atoms with van der Waals surface area (Å²) >= 11 is 0. The average molecular weight is 405 g/mol. The van der Waals surface area contributed by atoms with E-state index in [9.17, 15) is 24.3 Å². The minimum absolute atomic E-state index is 0.0529. The van der Waals surface area contributed by atoms with Crippen molar-refractivity contribution >= 4 is 25.0 Å². The highest BCUT2D eigenvalue weighted by molar-refractivity contribution is 7.53. The van der Waals surface area contributed by atoms with Crippen LogP contribution < -0.4 is 21.5 Å². The summed E-state index contributed by atoms with van der Waals surface area (Å²) in [5.74, 6) is -0.766. The molecule has 0 saturated carbocycles. The molecular weight excluding hydrogens is 377 g/mol. The summed E-state index contributed by atoms with van der Waals surface area (Å²) in [6.07, 6.45) is -0.919. The second-order valence-corrected chi connectivity index (χ2v) is 9.02. The lowest BCUT2D eigenvalue weighted by atomic mass is 9.95. The summed E-state index contributed by atoms with van der Waals surface area (Å²) in [4.78, 5) is 40.1. The van der Waals surface area contributed by atoms with Crippen LogP contribution in [0.15, 0.2) is 4.79 Å². The maximum absolute atomic E-state index is 12.3. The number of fused-ring (bicyclic) bond motifs is 1. The van der Waals surface area contributed by atoms with Crippen molar-refractivity contribution < 1.29 is 24.2 Å². The van der Waals surface area contributed by atoms with Crippen LogP contribution in [-0.4, -0.2) is 56.1 Å². The normalized spacial score (nSPS) is 16.0. The molecular formula is C15H28N5O6P. The Morgan fingerprint density at radius 2 is 1.93 bits per heavy atom. The number of hydrogen-bond acceptors (Lipinski definition) is 8. The zero-order chi connectivity index (χ0) is 20.6. The molecule has 0 spiro atoms. The first-order valence-electron chi connectivity index (χ1n) is 8.67. The fourth-order valence-electron chi connectivity index (χ4n) is 3.59. The zero-order valence-corrected chi connectivity index (χ0v) is 16.7. The van der Waals surface area contributed by atoms with Crippen LogP contribution in [0.5, 0.6) is 0 Å². The molecule has 1 aromatic rings. The smallest absolute Gasteiger partial charge is 0.357 e. The maximum Gasteiger partial charge on any atom is 0.357 e. The van der Waals surface area contributed by atoms with Gasteiger partial charge < -0.3 is 35.6 Å². The fourth-order valence-corrected chi connectivity index (χ4v) is 5.22. The highest BCUT2D eigenvalue weighted by Gasteiger charge is 2.54. The number of anilines is 3. The number of aromatic amines is 1. The van der Waals surface area contributed by atoms with Gasteiger partial charge in [-0.05, 0) is 11.8 Å². The van der Waals surface area contributed by atoms with Crippen molar-refractivity contribution in [3.8, 4) is 0 Å². The number of aromatic nitrogens is 2. The molecule has 2 rings (SSSR count). The van der Waals surface area contributed by atoms with Crippen LogP contribution in [0.25, 0.3) is 0 Å². The van der Waals surface area contributed by atoms with E-state index in [1.54, 1.807) is 32.6 Å². The molecule has 0 amide bonds. The van der Waals surface area contributed by atoms with Gasteiger partial charge in [-0.2, -0.15) is 4.98 Å². The van der Waals surface area contributed by atoms with Gasteiger partial charge in [0.1, 0.15) is 5.69 Å². The minimum atomic E-state index is -4.67. The van der Waals surface area contributed by atoms with E-state index in [2.05, 4.69) is 15.3 Å². The number of aliphatic hydroxyl groups is 1. The Morgan fingerprint density at radius 3 is 2.41 bits per heavy atom. The summed E-state index contributed by atoms with van der Waals surface area (Å²) in [6, 6.07) is 0. The number of nitrogens with one attached hydrogen (secondary N) is 2. The average Bonchev–Trinajstić information content (AvgIpc) is 2.92. The molecule has 1 atom stereocenters. The van der Waals surface area contributed by atoms with E-state index < -0.39 is 43.0 Å². The molecule has 1 aliphatic heterocycles. The number of nitrogens with zero attached hydrogens (tertiary/aromatic N) is 2. The van der Waals surface area contributed by atoms with Crippen LogP contribution in [0, 0.1) is 11.8 Å². The fraction of sp³-hybridized carbons (Fsp3) is 0.733. The third kappa shape index (κ3) is 3.97.